The van der Waals surface area contributed by atoms with Crippen LogP contribution in [0.5, 0.6) is 11.6 Å². The summed E-state index contributed by atoms with van der Waals surface area (Å²) in [4.78, 5) is 27.9. The molecule has 0 radical (unpaired) electrons. The summed E-state index contributed by atoms with van der Waals surface area (Å²) in [5.41, 5.74) is 5.59. The minimum absolute atomic E-state index is 0.0515. The minimum atomic E-state index is -0.0515. The highest BCUT2D eigenvalue weighted by Crippen LogP contribution is 2.34. The van der Waals surface area contributed by atoms with Crippen LogP contribution in [-0.4, -0.2) is 35.1 Å². The van der Waals surface area contributed by atoms with Crippen molar-refractivity contribution in [2.24, 2.45) is 0 Å². The molecule has 0 aliphatic carbocycles. The average Bonchev–Trinajstić information content (AvgIpc) is 3.04. The van der Waals surface area contributed by atoms with E-state index in [1.807, 2.05) is 32.0 Å². The van der Waals surface area contributed by atoms with Crippen LogP contribution in [0.4, 0.5) is 5.69 Å². The molecule has 1 aliphatic rings. The zero-order valence-corrected chi connectivity index (χ0v) is 16.2. The third kappa shape index (κ3) is 2.94. The highest BCUT2D eigenvalue weighted by molar-refractivity contribution is 6.10. The Labute approximate surface area is 163 Å². The molecule has 7 heteroatoms. The summed E-state index contributed by atoms with van der Waals surface area (Å²) in [6, 6.07) is 5.68. The molecular formula is C21H20N4O3. The predicted molar refractivity (Wildman–Crippen MR) is 105 cm³/mol. The average molecular weight is 376 g/mol. The summed E-state index contributed by atoms with van der Waals surface area (Å²) in [5, 5.41) is 0. The van der Waals surface area contributed by atoms with Gasteiger partial charge in [-0.15, -0.1) is 0 Å². The van der Waals surface area contributed by atoms with Gasteiger partial charge in [-0.3, -0.25) is 14.8 Å². The van der Waals surface area contributed by atoms with Crippen LogP contribution in [-0.2, 0) is 6.54 Å². The lowest BCUT2D eigenvalue weighted by Gasteiger charge is -2.15. The number of aromatic nitrogens is 3. The van der Waals surface area contributed by atoms with Gasteiger partial charge in [0.15, 0.2) is 5.75 Å². The number of fused-ring (bicyclic) bond motifs is 1. The molecule has 0 bridgehead atoms. The number of anilines is 1. The van der Waals surface area contributed by atoms with Gasteiger partial charge in [0.2, 0.25) is 0 Å². The highest BCUT2D eigenvalue weighted by atomic mass is 16.5. The normalized spacial score (nSPS) is 12.9. The molecule has 0 spiro atoms. The summed E-state index contributed by atoms with van der Waals surface area (Å²) in [6.07, 6.45) is 5.16. The van der Waals surface area contributed by atoms with E-state index in [0.717, 1.165) is 33.8 Å². The summed E-state index contributed by atoms with van der Waals surface area (Å²) in [5.74, 6) is 0.894. The van der Waals surface area contributed by atoms with Gasteiger partial charge in [0.05, 0.1) is 49.6 Å². The maximum absolute atomic E-state index is 13.0. The third-order valence-corrected chi connectivity index (χ3v) is 4.76. The summed E-state index contributed by atoms with van der Waals surface area (Å²) >= 11 is 0. The van der Waals surface area contributed by atoms with E-state index >= 15 is 0 Å². The predicted octanol–water partition coefficient (Wildman–Crippen LogP) is 3.33. The van der Waals surface area contributed by atoms with E-state index < -0.39 is 0 Å². The Bertz CT molecular complexity index is 1080. The zero-order valence-electron chi connectivity index (χ0n) is 16.2. The first-order chi connectivity index (χ1) is 13.5. The SMILES string of the molecule is COc1cc(-c2cc(C)c3c(n2)CN(c2cncc(C)c2)C3=O)cnc1OC. The van der Waals surface area contributed by atoms with Crippen LogP contribution in [0.15, 0.2) is 36.8 Å². The van der Waals surface area contributed by atoms with Crippen LogP contribution < -0.4 is 14.4 Å². The molecule has 0 unspecified atom stereocenters. The van der Waals surface area contributed by atoms with Crippen LogP contribution in [0.3, 0.4) is 0 Å². The molecule has 0 aromatic carbocycles. The van der Waals surface area contributed by atoms with E-state index in [9.17, 15) is 4.79 Å². The number of carbonyl (C=O) groups excluding carboxylic acids is 1. The molecule has 142 valence electrons. The van der Waals surface area contributed by atoms with Gasteiger partial charge in [0, 0.05) is 18.0 Å². The Balaban J connectivity index is 1.74. The number of ether oxygens (including phenoxy) is 2. The molecule has 0 saturated heterocycles. The summed E-state index contributed by atoms with van der Waals surface area (Å²) < 4.78 is 10.5. The maximum atomic E-state index is 13.0. The van der Waals surface area contributed by atoms with Gasteiger partial charge >= 0.3 is 0 Å². The van der Waals surface area contributed by atoms with Crippen molar-refractivity contribution in [1.82, 2.24) is 15.0 Å². The summed E-state index contributed by atoms with van der Waals surface area (Å²) in [7, 11) is 3.11. The van der Waals surface area contributed by atoms with E-state index in [1.165, 1.54) is 0 Å². The molecule has 1 amide bonds. The van der Waals surface area contributed by atoms with Crippen molar-refractivity contribution in [3.63, 3.8) is 0 Å². The Hall–Kier alpha value is -3.48. The van der Waals surface area contributed by atoms with E-state index in [0.29, 0.717) is 23.7 Å². The first-order valence-corrected chi connectivity index (χ1v) is 8.84. The van der Waals surface area contributed by atoms with Gasteiger partial charge in [-0.25, -0.2) is 4.98 Å². The molecule has 28 heavy (non-hydrogen) atoms. The monoisotopic (exact) mass is 376 g/mol. The lowest BCUT2D eigenvalue weighted by atomic mass is 10.0. The fraction of sp³-hybridized carbons (Fsp3) is 0.238. The second-order valence-electron chi connectivity index (χ2n) is 6.69. The minimum Gasteiger partial charge on any atom is -0.491 e. The lowest BCUT2D eigenvalue weighted by molar-refractivity contribution is 0.0996. The number of pyridine rings is 3. The van der Waals surface area contributed by atoms with Crippen LogP contribution >= 0.6 is 0 Å². The van der Waals surface area contributed by atoms with Gasteiger partial charge in [-0.2, -0.15) is 0 Å². The Kier molecular flexibility index (Phi) is 4.43. The van der Waals surface area contributed by atoms with Crippen molar-refractivity contribution in [3.05, 3.63) is 59.2 Å². The zero-order chi connectivity index (χ0) is 19.8. The van der Waals surface area contributed by atoms with E-state index in [2.05, 4.69) is 9.97 Å². The number of rotatable bonds is 4. The number of nitrogens with zero attached hydrogens (tertiary/aromatic N) is 4. The van der Waals surface area contributed by atoms with Crippen molar-refractivity contribution in [2.45, 2.75) is 20.4 Å². The summed E-state index contributed by atoms with van der Waals surface area (Å²) in [6.45, 7) is 4.29. The Morgan fingerprint density at radius 3 is 2.57 bits per heavy atom. The molecule has 3 aromatic heterocycles. The maximum Gasteiger partial charge on any atom is 0.260 e. The largest absolute Gasteiger partial charge is 0.491 e. The number of carbonyl (C=O) groups is 1. The Morgan fingerprint density at radius 1 is 1.04 bits per heavy atom. The number of hydrogen-bond donors (Lipinski definition) is 0. The van der Waals surface area contributed by atoms with Crippen molar-refractivity contribution in [1.29, 1.82) is 0 Å². The number of aryl methyl sites for hydroxylation is 2. The molecule has 7 nitrogen and oxygen atoms in total. The molecule has 1 aliphatic heterocycles. The molecule has 0 atom stereocenters. The van der Waals surface area contributed by atoms with Gasteiger partial charge in [-0.05, 0) is 43.2 Å². The van der Waals surface area contributed by atoms with Gasteiger partial charge in [0.25, 0.3) is 11.8 Å². The lowest BCUT2D eigenvalue weighted by Crippen LogP contribution is -2.23. The van der Waals surface area contributed by atoms with Crippen LogP contribution in [0.25, 0.3) is 11.3 Å². The van der Waals surface area contributed by atoms with Crippen LogP contribution in [0.1, 0.15) is 27.2 Å². The van der Waals surface area contributed by atoms with Crippen LogP contribution in [0, 0.1) is 13.8 Å². The third-order valence-electron chi connectivity index (χ3n) is 4.76. The van der Waals surface area contributed by atoms with Crippen molar-refractivity contribution in [2.75, 3.05) is 19.1 Å². The first-order valence-electron chi connectivity index (χ1n) is 8.84. The van der Waals surface area contributed by atoms with Crippen LogP contribution in [0.2, 0.25) is 0 Å². The fourth-order valence-electron chi connectivity index (χ4n) is 3.42. The van der Waals surface area contributed by atoms with Gasteiger partial charge in [-0.1, -0.05) is 0 Å². The quantitative estimate of drug-likeness (QED) is 0.695. The molecule has 0 fully saturated rings. The van der Waals surface area contributed by atoms with E-state index in [1.54, 1.807) is 37.7 Å². The van der Waals surface area contributed by atoms with Crippen molar-refractivity contribution < 1.29 is 14.3 Å². The number of amides is 1. The molecule has 0 saturated carbocycles. The highest BCUT2D eigenvalue weighted by Gasteiger charge is 2.32. The second kappa shape index (κ2) is 6.92. The molecule has 0 N–H and O–H groups in total. The molecule has 4 heterocycles. The van der Waals surface area contributed by atoms with Crippen molar-refractivity contribution >= 4 is 11.6 Å². The smallest absolute Gasteiger partial charge is 0.260 e. The Morgan fingerprint density at radius 2 is 1.86 bits per heavy atom. The fourth-order valence-corrected chi connectivity index (χ4v) is 3.42. The first kappa shape index (κ1) is 17.9. The van der Waals surface area contributed by atoms with E-state index in [4.69, 9.17) is 14.5 Å². The standard InChI is InChI=1S/C21H20N4O3/c1-12-5-15(10-22-8-12)25-11-17-19(21(25)26)13(2)6-16(24-17)14-7-18(27-3)20(28-4)23-9-14/h5-10H,11H2,1-4H3. The van der Waals surface area contributed by atoms with Gasteiger partial charge < -0.3 is 14.4 Å². The van der Waals surface area contributed by atoms with E-state index in [-0.39, 0.29) is 5.91 Å². The topological polar surface area (TPSA) is 77.4 Å². The molecular weight excluding hydrogens is 356 g/mol. The van der Waals surface area contributed by atoms with Gasteiger partial charge in [0.1, 0.15) is 0 Å². The second-order valence-corrected chi connectivity index (χ2v) is 6.69. The molecule has 3 aromatic rings. The number of hydrogen-bond acceptors (Lipinski definition) is 6. The number of methoxy groups -OCH3 is 2. The molecule has 4 rings (SSSR count). The van der Waals surface area contributed by atoms with Crippen molar-refractivity contribution in [3.8, 4) is 22.9 Å².